The Morgan fingerprint density at radius 3 is 2.65 bits per heavy atom. The quantitative estimate of drug-likeness (QED) is 0.925. The van der Waals surface area contributed by atoms with Crippen LogP contribution in [0.25, 0.3) is 0 Å². The Bertz CT molecular complexity index is 644. The average molecular weight is 266 g/mol. The number of benzene rings is 2. The minimum absolute atomic E-state index is 0.0695. The second-order valence-corrected chi connectivity index (χ2v) is 4.94. The minimum atomic E-state index is 0.0695. The third kappa shape index (κ3) is 3.17. The zero-order chi connectivity index (χ0) is 14.5. The highest BCUT2D eigenvalue weighted by Gasteiger charge is 2.05. The summed E-state index contributed by atoms with van der Waals surface area (Å²) in [4.78, 5) is 2.13. The maximum absolute atomic E-state index is 9.20. The van der Waals surface area contributed by atoms with Gasteiger partial charge in [0.25, 0.3) is 0 Å². The Morgan fingerprint density at radius 1 is 1.20 bits per heavy atom. The average Bonchev–Trinajstić information content (AvgIpc) is 2.47. The van der Waals surface area contributed by atoms with E-state index in [1.807, 2.05) is 50.4 Å². The van der Waals surface area contributed by atoms with Crippen LogP contribution in [-0.4, -0.2) is 12.2 Å². The molecule has 0 saturated heterocycles. The molecule has 1 N–H and O–H groups in total. The van der Waals surface area contributed by atoms with E-state index >= 15 is 0 Å². The number of anilines is 1. The van der Waals surface area contributed by atoms with Crippen molar-refractivity contribution in [2.75, 3.05) is 11.9 Å². The number of aryl methyl sites for hydroxylation is 1. The maximum Gasteiger partial charge on any atom is 0.0991 e. The molecule has 0 bridgehead atoms. The second kappa shape index (κ2) is 6.23. The van der Waals surface area contributed by atoms with Gasteiger partial charge in [-0.15, -0.1) is 0 Å². The van der Waals surface area contributed by atoms with Crippen molar-refractivity contribution >= 4 is 5.69 Å². The van der Waals surface area contributed by atoms with E-state index < -0.39 is 0 Å². The van der Waals surface area contributed by atoms with Crippen molar-refractivity contribution in [1.29, 1.82) is 5.26 Å². The third-order valence-corrected chi connectivity index (χ3v) is 3.41. The summed E-state index contributed by atoms with van der Waals surface area (Å²) >= 11 is 0. The van der Waals surface area contributed by atoms with Crippen LogP contribution in [0.15, 0.2) is 42.5 Å². The summed E-state index contributed by atoms with van der Waals surface area (Å²) in [6.07, 6.45) is 0. The van der Waals surface area contributed by atoms with Gasteiger partial charge in [-0.25, -0.2) is 0 Å². The van der Waals surface area contributed by atoms with E-state index in [0.717, 1.165) is 28.9 Å². The fourth-order valence-corrected chi connectivity index (χ4v) is 2.20. The van der Waals surface area contributed by atoms with Crippen molar-refractivity contribution in [2.24, 2.45) is 0 Å². The first-order valence-corrected chi connectivity index (χ1v) is 6.54. The molecule has 0 heterocycles. The molecule has 3 nitrogen and oxygen atoms in total. The minimum Gasteiger partial charge on any atom is -0.392 e. The van der Waals surface area contributed by atoms with Gasteiger partial charge in [-0.05, 0) is 47.9 Å². The lowest BCUT2D eigenvalue weighted by Crippen LogP contribution is -2.16. The molecule has 0 unspecified atom stereocenters. The largest absolute Gasteiger partial charge is 0.392 e. The lowest BCUT2D eigenvalue weighted by molar-refractivity contribution is 0.281. The molecule has 0 spiro atoms. The van der Waals surface area contributed by atoms with Crippen LogP contribution in [0.1, 0.15) is 22.3 Å². The van der Waals surface area contributed by atoms with Crippen LogP contribution in [-0.2, 0) is 13.2 Å². The molecule has 2 rings (SSSR count). The molecule has 2 aromatic rings. The number of hydrogen-bond donors (Lipinski definition) is 1. The zero-order valence-electron chi connectivity index (χ0n) is 11.8. The number of aliphatic hydroxyl groups excluding tert-OH is 1. The molecule has 0 aliphatic carbocycles. The highest BCUT2D eigenvalue weighted by molar-refractivity contribution is 5.50. The summed E-state index contributed by atoms with van der Waals surface area (Å²) in [7, 11) is 2.02. The molecule has 20 heavy (non-hydrogen) atoms. The first-order chi connectivity index (χ1) is 9.63. The van der Waals surface area contributed by atoms with Gasteiger partial charge in [-0.1, -0.05) is 18.2 Å². The number of nitrogens with zero attached hydrogens (tertiary/aromatic N) is 2. The van der Waals surface area contributed by atoms with Crippen molar-refractivity contribution in [3.8, 4) is 6.07 Å². The van der Waals surface area contributed by atoms with Crippen molar-refractivity contribution < 1.29 is 5.11 Å². The molecule has 0 aromatic heterocycles. The predicted octanol–water partition coefficient (Wildman–Crippen LogP) is 3.00. The van der Waals surface area contributed by atoms with Crippen molar-refractivity contribution in [2.45, 2.75) is 20.1 Å². The van der Waals surface area contributed by atoms with Gasteiger partial charge in [-0.2, -0.15) is 5.26 Å². The molecule has 0 atom stereocenters. The van der Waals surface area contributed by atoms with Crippen LogP contribution < -0.4 is 4.90 Å². The van der Waals surface area contributed by atoms with E-state index in [2.05, 4.69) is 17.0 Å². The fourth-order valence-electron chi connectivity index (χ4n) is 2.20. The van der Waals surface area contributed by atoms with E-state index in [4.69, 9.17) is 5.26 Å². The molecule has 0 aliphatic rings. The van der Waals surface area contributed by atoms with Gasteiger partial charge in [0.2, 0.25) is 0 Å². The van der Waals surface area contributed by atoms with Crippen molar-refractivity contribution in [3.05, 3.63) is 64.7 Å². The van der Waals surface area contributed by atoms with E-state index in [9.17, 15) is 5.11 Å². The smallest absolute Gasteiger partial charge is 0.0991 e. The van der Waals surface area contributed by atoms with Crippen molar-refractivity contribution in [3.63, 3.8) is 0 Å². The topological polar surface area (TPSA) is 47.3 Å². The fraction of sp³-hybridized carbons (Fsp3) is 0.235. The molecule has 0 radical (unpaired) electrons. The molecule has 2 aromatic carbocycles. The zero-order valence-corrected chi connectivity index (χ0v) is 11.8. The van der Waals surface area contributed by atoms with Crippen LogP contribution in [0.4, 0.5) is 5.69 Å². The Morgan fingerprint density at radius 2 is 2.00 bits per heavy atom. The van der Waals surface area contributed by atoms with E-state index in [0.29, 0.717) is 5.56 Å². The molecule has 0 fully saturated rings. The van der Waals surface area contributed by atoms with Crippen LogP contribution in [0, 0.1) is 18.3 Å². The standard InChI is InChI=1S/C17H18N2O/c1-13-8-17(7-6-16(13)12-20)19(2)11-15-5-3-4-14(9-15)10-18/h3-9,20H,11-12H2,1-2H3. The maximum atomic E-state index is 9.20. The van der Waals surface area contributed by atoms with Gasteiger partial charge in [0.1, 0.15) is 0 Å². The highest BCUT2D eigenvalue weighted by Crippen LogP contribution is 2.20. The molecule has 3 heteroatoms. The SMILES string of the molecule is Cc1cc(N(C)Cc2cccc(C#N)c2)ccc1CO. The summed E-state index contributed by atoms with van der Waals surface area (Å²) in [5.74, 6) is 0. The normalized spacial score (nSPS) is 10.1. The molecule has 0 amide bonds. The van der Waals surface area contributed by atoms with E-state index in [-0.39, 0.29) is 6.61 Å². The van der Waals surface area contributed by atoms with Crippen molar-refractivity contribution in [1.82, 2.24) is 0 Å². The first-order valence-electron chi connectivity index (χ1n) is 6.54. The van der Waals surface area contributed by atoms with Gasteiger partial charge in [0.15, 0.2) is 0 Å². The van der Waals surface area contributed by atoms with E-state index in [1.54, 1.807) is 0 Å². The number of rotatable bonds is 4. The number of aliphatic hydroxyl groups is 1. The van der Waals surface area contributed by atoms with Gasteiger partial charge in [0.05, 0.1) is 18.2 Å². The Hall–Kier alpha value is -2.31. The summed E-state index contributed by atoms with van der Waals surface area (Å²) < 4.78 is 0. The van der Waals surface area contributed by atoms with E-state index in [1.165, 1.54) is 0 Å². The number of nitriles is 1. The first kappa shape index (κ1) is 14.1. The van der Waals surface area contributed by atoms with Crippen LogP contribution in [0.2, 0.25) is 0 Å². The molecular formula is C17H18N2O. The summed E-state index contributed by atoms with van der Waals surface area (Å²) in [5.41, 5.74) is 4.93. The lowest BCUT2D eigenvalue weighted by Gasteiger charge is -2.20. The Balaban J connectivity index is 2.17. The predicted molar refractivity (Wildman–Crippen MR) is 80.4 cm³/mol. The monoisotopic (exact) mass is 266 g/mol. The lowest BCUT2D eigenvalue weighted by atomic mass is 10.1. The van der Waals surface area contributed by atoms with Gasteiger partial charge < -0.3 is 10.0 Å². The molecular weight excluding hydrogens is 248 g/mol. The molecule has 0 aliphatic heterocycles. The van der Waals surface area contributed by atoms with Gasteiger partial charge in [0, 0.05) is 19.3 Å². The Labute approximate surface area is 119 Å². The highest BCUT2D eigenvalue weighted by atomic mass is 16.3. The molecule has 102 valence electrons. The Kier molecular flexibility index (Phi) is 4.39. The van der Waals surface area contributed by atoms with Crippen LogP contribution in [0.3, 0.4) is 0 Å². The summed E-state index contributed by atoms with van der Waals surface area (Å²) in [6.45, 7) is 2.81. The van der Waals surface area contributed by atoms with Crippen LogP contribution >= 0.6 is 0 Å². The third-order valence-electron chi connectivity index (χ3n) is 3.41. The van der Waals surface area contributed by atoms with Gasteiger partial charge >= 0.3 is 0 Å². The molecule has 0 saturated carbocycles. The second-order valence-electron chi connectivity index (χ2n) is 4.94. The summed E-state index contributed by atoms with van der Waals surface area (Å²) in [5, 5.41) is 18.1. The van der Waals surface area contributed by atoms with Crippen LogP contribution in [0.5, 0.6) is 0 Å². The van der Waals surface area contributed by atoms with Gasteiger partial charge in [-0.3, -0.25) is 0 Å². The number of hydrogen-bond acceptors (Lipinski definition) is 3. The summed E-state index contributed by atoms with van der Waals surface area (Å²) in [6, 6.07) is 15.8.